The Morgan fingerprint density at radius 1 is 1.50 bits per heavy atom. The van der Waals surface area contributed by atoms with Gasteiger partial charge in [-0.1, -0.05) is 0 Å². The van der Waals surface area contributed by atoms with Gasteiger partial charge >= 0.3 is 0 Å². The number of hydrogen-bond acceptors (Lipinski definition) is 2. The van der Waals surface area contributed by atoms with Crippen molar-refractivity contribution >= 4 is 5.91 Å². The van der Waals surface area contributed by atoms with E-state index < -0.39 is 0 Å². The first kappa shape index (κ1) is 9.43. The highest BCUT2D eigenvalue weighted by molar-refractivity contribution is 5.78. The van der Waals surface area contributed by atoms with Gasteiger partial charge in [0.15, 0.2) is 0 Å². The van der Waals surface area contributed by atoms with Crippen LogP contribution in [0.2, 0.25) is 0 Å². The summed E-state index contributed by atoms with van der Waals surface area (Å²) in [5.41, 5.74) is 0. The number of carbonyl (C=O) groups is 1. The summed E-state index contributed by atoms with van der Waals surface area (Å²) in [6.45, 7) is 4.37. The molecule has 0 saturated carbocycles. The highest BCUT2D eigenvalue weighted by atomic mass is 16.2. The van der Waals surface area contributed by atoms with Gasteiger partial charge in [0, 0.05) is 6.04 Å². The maximum absolute atomic E-state index is 10.9. The molecule has 0 aliphatic heterocycles. The number of amides is 1. The first-order valence-corrected chi connectivity index (χ1v) is 3.46. The van der Waals surface area contributed by atoms with Gasteiger partial charge in [0.1, 0.15) is 0 Å². The van der Waals surface area contributed by atoms with E-state index in [1.165, 1.54) is 0 Å². The van der Waals surface area contributed by atoms with Crippen molar-refractivity contribution in [3.8, 4) is 0 Å². The Labute approximate surface area is 62.4 Å². The second-order valence-corrected chi connectivity index (χ2v) is 2.96. The van der Waals surface area contributed by atoms with Gasteiger partial charge in [0.25, 0.3) is 0 Å². The minimum absolute atomic E-state index is 0.0833. The van der Waals surface area contributed by atoms with Gasteiger partial charge in [0.05, 0.1) is 6.54 Å². The molecular weight excluding hydrogens is 128 g/mol. The van der Waals surface area contributed by atoms with Crippen LogP contribution in [-0.4, -0.2) is 37.5 Å². The van der Waals surface area contributed by atoms with Crippen LogP contribution in [0.4, 0.5) is 0 Å². The van der Waals surface area contributed by atoms with E-state index in [0.29, 0.717) is 6.54 Å². The summed E-state index contributed by atoms with van der Waals surface area (Å²) in [5, 5.41) is 2.79. The summed E-state index contributed by atoms with van der Waals surface area (Å²) in [7, 11) is 3.75. The first-order valence-electron chi connectivity index (χ1n) is 3.46. The largest absolute Gasteiger partial charge is 0.353 e. The van der Waals surface area contributed by atoms with Crippen LogP contribution in [0, 0.1) is 0 Å². The van der Waals surface area contributed by atoms with Crippen molar-refractivity contribution in [2.75, 3.05) is 20.6 Å². The Balaban J connectivity index is 3.44. The molecule has 0 aromatic heterocycles. The van der Waals surface area contributed by atoms with Crippen LogP contribution in [0.3, 0.4) is 0 Å². The zero-order valence-corrected chi connectivity index (χ0v) is 7.14. The highest BCUT2D eigenvalue weighted by Crippen LogP contribution is 1.78. The molecular formula is C7H16N2O. The summed E-state index contributed by atoms with van der Waals surface area (Å²) < 4.78 is 0. The van der Waals surface area contributed by atoms with Gasteiger partial charge in [-0.05, 0) is 27.9 Å². The van der Waals surface area contributed by atoms with Crippen LogP contribution in [0.15, 0.2) is 0 Å². The van der Waals surface area contributed by atoms with Crippen LogP contribution in [0.25, 0.3) is 0 Å². The molecule has 60 valence electrons. The molecule has 3 nitrogen and oxygen atoms in total. The number of likely N-dealkylation sites (N-methyl/N-ethyl adjacent to an activating group) is 1. The van der Waals surface area contributed by atoms with E-state index in [4.69, 9.17) is 0 Å². The molecule has 1 amide bonds. The fraction of sp³-hybridized carbons (Fsp3) is 0.857. The average Bonchev–Trinajstić information content (AvgIpc) is 1.58. The van der Waals surface area contributed by atoms with Crippen LogP contribution >= 0.6 is 0 Å². The molecule has 0 aliphatic carbocycles. The zero-order valence-electron chi connectivity index (χ0n) is 7.14. The van der Waals surface area contributed by atoms with Crippen LogP contribution in [-0.2, 0) is 4.79 Å². The molecule has 10 heavy (non-hydrogen) atoms. The van der Waals surface area contributed by atoms with Crippen molar-refractivity contribution < 1.29 is 4.79 Å². The molecule has 0 unspecified atom stereocenters. The molecule has 0 bridgehead atoms. The summed E-state index contributed by atoms with van der Waals surface area (Å²) in [4.78, 5) is 12.8. The van der Waals surface area contributed by atoms with Crippen molar-refractivity contribution in [3.63, 3.8) is 0 Å². The Hall–Kier alpha value is -0.570. The molecule has 1 N–H and O–H groups in total. The summed E-state index contributed by atoms with van der Waals surface area (Å²) in [6, 6.07) is 0.243. The van der Waals surface area contributed by atoms with Crippen molar-refractivity contribution in [2.24, 2.45) is 0 Å². The predicted molar refractivity (Wildman–Crippen MR) is 41.8 cm³/mol. The molecule has 0 fully saturated rings. The Morgan fingerprint density at radius 2 is 2.00 bits per heavy atom. The lowest BCUT2D eigenvalue weighted by molar-refractivity contribution is -0.122. The molecule has 3 heteroatoms. The Kier molecular flexibility index (Phi) is 4.03. The van der Waals surface area contributed by atoms with E-state index in [2.05, 4.69) is 5.32 Å². The van der Waals surface area contributed by atoms with Gasteiger partial charge in [-0.25, -0.2) is 0 Å². The SMILES string of the molecule is CC(C)NC(=O)CN(C)C. The van der Waals surface area contributed by atoms with Gasteiger partial charge in [0.2, 0.25) is 5.91 Å². The zero-order chi connectivity index (χ0) is 8.15. The monoisotopic (exact) mass is 144 g/mol. The Morgan fingerprint density at radius 3 is 2.30 bits per heavy atom. The number of rotatable bonds is 3. The van der Waals surface area contributed by atoms with E-state index in [0.717, 1.165) is 0 Å². The molecule has 0 atom stereocenters. The third-order valence-electron chi connectivity index (χ3n) is 0.909. The fourth-order valence-electron chi connectivity index (χ4n) is 0.655. The summed E-state index contributed by atoms with van der Waals surface area (Å²) in [5.74, 6) is 0.0833. The molecule has 0 aromatic carbocycles. The maximum atomic E-state index is 10.9. The van der Waals surface area contributed by atoms with Crippen molar-refractivity contribution in [3.05, 3.63) is 0 Å². The number of nitrogens with one attached hydrogen (secondary N) is 1. The van der Waals surface area contributed by atoms with Gasteiger partial charge in [-0.15, -0.1) is 0 Å². The topological polar surface area (TPSA) is 32.3 Å². The van der Waals surface area contributed by atoms with Crippen LogP contribution in [0.5, 0.6) is 0 Å². The molecule has 0 spiro atoms. The average molecular weight is 144 g/mol. The van der Waals surface area contributed by atoms with E-state index in [-0.39, 0.29) is 11.9 Å². The minimum atomic E-state index is 0.0833. The fourth-order valence-corrected chi connectivity index (χ4v) is 0.655. The van der Waals surface area contributed by atoms with E-state index in [9.17, 15) is 4.79 Å². The second kappa shape index (κ2) is 4.28. The maximum Gasteiger partial charge on any atom is 0.234 e. The van der Waals surface area contributed by atoms with E-state index >= 15 is 0 Å². The summed E-state index contributed by atoms with van der Waals surface area (Å²) in [6.07, 6.45) is 0. The molecule has 0 saturated heterocycles. The third-order valence-corrected chi connectivity index (χ3v) is 0.909. The first-order chi connectivity index (χ1) is 4.52. The van der Waals surface area contributed by atoms with Crippen molar-refractivity contribution in [1.29, 1.82) is 0 Å². The van der Waals surface area contributed by atoms with Gasteiger partial charge in [-0.2, -0.15) is 0 Å². The number of nitrogens with zero attached hydrogens (tertiary/aromatic N) is 1. The predicted octanol–water partition coefficient (Wildman–Crippen LogP) is 0.0726. The molecule has 0 rings (SSSR count). The van der Waals surface area contributed by atoms with Crippen molar-refractivity contribution in [2.45, 2.75) is 19.9 Å². The normalized spacial score (nSPS) is 10.6. The quantitative estimate of drug-likeness (QED) is 0.608. The van der Waals surface area contributed by atoms with Crippen LogP contribution in [0.1, 0.15) is 13.8 Å². The molecule has 0 aromatic rings. The van der Waals surface area contributed by atoms with E-state index in [1.54, 1.807) is 0 Å². The van der Waals surface area contributed by atoms with Crippen molar-refractivity contribution in [1.82, 2.24) is 10.2 Å². The Bertz CT molecular complexity index is 98.2. The number of hydrogen-bond donors (Lipinski definition) is 1. The standard InChI is InChI=1S/C7H16N2O/c1-6(2)8-7(10)5-9(3)4/h6H,5H2,1-4H3,(H,8,10). The highest BCUT2D eigenvalue weighted by Gasteiger charge is 2.02. The lowest BCUT2D eigenvalue weighted by Crippen LogP contribution is -2.37. The third kappa shape index (κ3) is 5.56. The molecule has 0 radical (unpaired) electrons. The second-order valence-electron chi connectivity index (χ2n) is 2.96. The molecule has 0 aliphatic rings. The van der Waals surface area contributed by atoms with Gasteiger partial charge in [-0.3, -0.25) is 4.79 Å². The van der Waals surface area contributed by atoms with Gasteiger partial charge < -0.3 is 10.2 Å². The van der Waals surface area contributed by atoms with E-state index in [1.807, 2.05) is 32.8 Å². The minimum Gasteiger partial charge on any atom is -0.353 e. The summed E-state index contributed by atoms with van der Waals surface area (Å²) >= 11 is 0. The lowest BCUT2D eigenvalue weighted by Gasteiger charge is -2.11. The number of carbonyl (C=O) groups excluding carboxylic acids is 1. The van der Waals surface area contributed by atoms with Crippen LogP contribution < -0.4 is 5.32 Å². The molecule has 0 heterocycles. The lowest BCUT2D eigenvalue weighted by atomic mass is 10.4. The smallest absolute Gasteiger partial charge is 0.234 e.